The molecule has 1 atom stereocenters. The van der Waals surface area contributed by atoms with Crippen molar-refractivity contribution in [2.45, 2.75) is 50.7 Å². The maximum absolute atomic E-state index is 12.3. The van der Waals surface area contributed by atoms with Crippen LogP contribution in [0.25, 0.3) is 10.7 Å². The molecule has 27 heavy (non-hydrogen) atoms. The summed E-state index contributed by atoms with van der Waals surface area (Å²) in [4.78, 5) is 13.5. The van der Waals surface area contributed by atoms with Crippen LogP contribution in [0.4, 0.5) is 0 Å². The van der Waals surface area contributed by atoms with Gasteiger partial charge < -0.3 is 9.88 Å². The van der Waals surface area contributed by atoms with Crippen LogP contribution < -0.4 is 5.32 Å². The highest BCUT2D eigenvalue weighted by Gasteiger charge is 2.14. The van der Waals surface area contributed by atoms with Crippen LogP contribution in [0, 0.1) is 0 Å². The summed E-state index contributed by atoms with van der Waals surface area (Å²) in [6, 6.07) is 12.1. The van der Waals surface area contributed by atoms with E-state index in [-0.39, 0.29) is 11.9 Å². The molecular weight excluding hydrogens is 376 g/mol. The molecule has 142 valence electrons. The zero-order chi connectivity index (χ0) is 19.2. The maximum Gasteiger partial charge on any atom is 0.251 e. The van der Waals surface area contributed by atoms with Gasteiger partial charge in [0.05, 0.1) is 4.88 Å². The van der Waals surface area contributed by atoms with Crippen molar-refractivity contribution in [3.05, 3.63) is 52.9 Å². The smallest absolute Gasteiger partial charge is 0.251 e. The molecule has 0 aliphatic carbocycles. The minimum absolute atomic E-state index is 0.0205. The molecule has 2 heterocycles. The van der Waals surface area contributed by atoms with Crippen molar-refractivity contribution in [1.29, 1.82) is 0 Å². The van der Waals surface area contributed by atoms with Crippen LogP contribution in [-0.2, 0) is 12.3 Å². The number of carbonyl (C=O) groups is 1. The van der Waals surface area contributed by atoms with Gasteiger partial charge in [0, 0.05) is 23.9 Å². The first kappa shape index (κ1) is 19.6. The first-order valence-corrected chi connectivity index (χ1v) is 11.0. The van der Waals surface area contributed by atoms with E-state index in [0.29, 0.717) is 5.56 Å². The van der Waals surface area contributed by atoms with Crippen molar-refractivity contribution in [3.8, 4) is 10.7 Å². The van der Waals surface area contributed by atoms with E-state index in [4.69, 9.17) is 0 Å². The molecule has 7 heteroatoms. The Morgan fingerprint density at radius 3 is 2.81 bits per heavy atom. The average molecular weight is 401 g/mol. The fourth-order valence-corrected chi connectivity index (χ4v) is 4.29. The highest BCUT2D eigenvalue weighted by Crippen LogP contribution is 2.28. The van der Waals surface area contributed by atoms with Gasteiger partial charge >= 0.3 is 0 Å². The molecule has 5 nitrogen and oxygen atoms in total. The molecule has 1 unspecified atom stereocenters. The summed E-state index contributed by atoms with van der Waals surface area (Å²) in [7, 11) is 0. The molecule has 0 saturated heterocycles. The third-order valence-corrected chi connectivity index (χ3v) is 6.23. The Labute approximate surface area is 168 Å². The third kappa shape index (κ3) is 4.78. The topological polar surface area (TPSA) is 59.8 Å². The van der Waals surface area contributed by atoms with E-state index in [2.05, 4.69) is 40.0 Å². The van der Waals surface area contributed by atoms with Gasteiger partial charge in [-0.05, 0) is 49.4 Å². The van der Waals surface area contributed by atoms with Gasteiger partial charge in [0.1, 0.15) is 0 Å². The number of thioether (sulfide) groups is 1. The predicted octanol–water partition coefficient (Wildman–Crippen LogP) is 4.85. The first-order valence-electron chi connectivity index (χ1n) is 9.12. The van der Waals surface area contributed by atoms with E-state index >= 15 is 0 Å². The van der Waals surface area contributed by atoms with Crippen LogP contribution in [0.5, 0.6) is 0 Å². The molecule has 1 aromatic carbocycles. The molecule has 3 aromatic rings. The lowest BCUT2D eigenvalue weighted by Gasteiger charge is -2.12. The summed E-state index contributed by atoms with van der Waals surface area (Å²) in [6.45, 7) is 7.00. The first-order chi connectivity index (χ1) is 13.1. The van der Waals surface area contributed by atoms with Gasteiger partial charge in [-0.25, -0.2) is 0 Å². The van der Waals surface area contributed by atoms with Crippen LogP contribution in [-0.4, -0.2) is 26.7 Å². The molecule has 3 rings (SSSR count). The van der Waals surface area contributed by atoms with E-state index in [0.717, 1.165) is 40.1 Å². The number of thiophene rings is 1. The van der Waals surface area contributed by atoms with Crippen molar-refractivity contribution < 1.29 is 4.79 Å². The van der Waals surface area contributed by atoms with Gasteiger partial charge in [0.15, 0.2) is 11.0 Å². The van der Waals surface area contributed by atoms with Crippen LogP contribution in [0.2, 0.25) is 0 Å². The number of amides is 1. The Balaban J connectivity index is 1.70. The quantitative estimate of drug-likeness (QED) is 0.549. The number of nitrogens with zero attached hydrogens (tertiary/aromatic N) is 3. The van der Waals surface area contributed by atoms with Gasteiger partial charge in [-0.2, -0.15) is 0 Å². The molecule has 0 aliphatic rings. The Morgan fingerprint density at radius 2 is 2.11 bits per heavy atom. The second-order valence-corrected chi connectivity index (χ2v) is 8.19. The maximum atomic E-state index is 12.3. The standard InChI is InChI=1S/C20H24N4OS2/c1-4-14(3)21-19(25)16-9-6-8-15(12-16)13-27-20-23-22-18(24(20)5-2)17-10-7-11-26-17/h6-12,14H,4-5,13H2,1-3H3,(H,21,25). The summed E-state index contributed by atoms with van der Waals surface area (Å²) < 4.78 is 2.13. The molecule has 2 aromatic heterocycles. The van der Waals surface area contributed by atoms with E-state index in [1.807, 2.05) is 42.6 Å². The van der Waals surface area contributed by atoms with Gasteiger partial charge in [0.25, 0.3) is 5.91 Å². The Kier molecular flexibility index (Phi) is 6.68. The normalized spacial score (nSPS) is 12.1. The molecule has 0 fully saturated rings. The number of benzene rings is 1. The van der Waals surface area contributed by atoms with Crippen LogP contribution >= 0.6 is 23.1 Å². The van der Waals surface area contributed by atoms with Gasteiger partial charge in [-0.15, -0.1) is 21.5 Å². The number of nitrogens with one attached hydrogen (secondary N) is 1. The van der Waals surface area contributed by atoms with Crippen molar-refractivity contribution in [2.75, 3.05) is 0 Å². The summed E-state index contributed by atoms with van der Waals surface area (Å²) in [5, 5.41) is 14.7. The lowest BCUT2D eigenvalue weighted by Crippen LogP contribution is -2.31. The van der Waals surface area contributed by atoms with E-state index < -0.39 is 0 Å². The molecule has 0 spiro atoms. The number of carbonyl (C=O) groups excluding carboxylic acids is 1. The van der Waals surface area contributed by atoms with Crippen molar-refractivity contribution in [3.63, 3.8) is 0 Å². The summed E-state index contributed by atoms with van der Waals surface area (Å²) in [6.07, 6.45) is 0.917. The Morgan fingerprint density at radius 1 is 1.26 bits per heavy atom. The molecule has 0 bridgehead atoms. The molecule has 1 N–H and O–H groups in total. The second-order valence-electron chi connectivity index (χ2n) is 6.30. The monoisotopic (exact) mass is 400 g/mol. The SMILES string of the molecule is CCC(C)NC(=O)c1cccc(CSc2nnc(-c3cccs3)n2CC)c1. The molecule has 0 radical (unpaired) electrons. The molecule has 1 amide bonds. The van der Waals surface area contributed by atoms with Gasteiger partial charge in [-0.1, -0.05) is 36.9 Å². The third-order valence-electron chi connectivity index (χ3n) is 4.32. The minimum Gasteiger partial charge on any atom is -0.350 e. The Hall–Kier alpha value is -2.12. The van der Waals surface area contributed by atoms with Crippen molar-refractivity contribution >= 4 is 29.0 Å². The highest BCUT2D eigenvalue weighted by molar-refractivity contribution is 7.98. The molecule has 0 saturated carbocycles. The number of aromatic nitrogens is 3. The summed E-state index contributed by atoms with van der Waals surface area (Å²) in [5.41, 5.74) is 1.80. The zero-order valence-corrected chi connectivity index (χ0v) is 17.4. The largest absolute Gasteiger partial charge is 0.350 e. The van der Waals surface area contributed by atoms with E-state index in [1.54, 1.807) is 23.1 Å². The van der Waals surface area contributed by atoms with Crippen molar-refractivity contribution in [1.82, 2.24) is 20.1 Å². The second kappa shape index (κ2) is 9.19. The number of hydrogen-bond donors (Lipinski definition) is 1. The van der Waals surface area contributed by atoms with Crippen LogP contribution in [0.3, 0.4) is 0 Å². The number of rotatable bonds is 8. The van der Waals surface area contributed by atoms with Crippen molar-refractivity contribution in [2.24, 2.45) is 0 Å². The summed E-state index contributed by atoms with van der Waals surface area (Å²) in [5.74, 6) is 1.64. The fraction of sp³-hybridized carbons (Fsp3) is 0.350. The Bertz CT molecular complexity index is 889. The van der Waals surface area contributed by atoms with E-state index in [9.17, 15) is 4.79 Å². The number of hydrogen-bond acceptors (Lipinski definition) is 5. The highest BCUT2D eigenvalue weighted by atomic mass is 32.2. The lowest BCUT2D eigenvalue weighted by molar-refractivity contribution is 0.0939. The lowest BCUT2D eigenvalue weighted by atomic mass is 10.1. The fourth-order valence-electron chi connectivity index (χ4n) is 2.63. The zero-order valence-electron chi connectivity index (χ0n) is 15.8. The van der Waals surface area contributed by atoms with Gasteiger partial charge in [0.2, 0.25) is 0 Å². The van der Waals surface area contributed by atoms with Crippen LogP contribution in [0.15, 0.2) is 46.9 Å². The minimum atomic E-state index is -0.0205. The molecular formula is C20H24N4OS2. The van der Waals surface area contributed by atoms with Crippen LogP contribution in [0.1, 0.15) is 43.1 Å². The average Bonchev–Trinajstić information content (AvgIpc) is 3.35. The van der Waals surface area contributed by atoms with Gasteiger partial charge in [-0.3, -0.25) is 4.79 Å². The summed E-state index contributed by atoms with van der Waals surface area (Å²) >= 11 is 3.31. The predicted molar refractivity (Wildman–Crippen MR) is 112 cm³/mol. The molecule has 0 aliphatic heterocycles. The van der Waals surface area contributed by atoms with E-state index in [1.165, 1.54) is 0 Å².